The molecule has 4 rings (SSSR count). The highest BCUT2D eigenvalue weighted by atomic mass is 16.6. The Bertz CT molecular complexity index is 771. The summed E-state index contributed by atoms with van der Waals surface area (Å²) in [6, 6.07) is 0. The second-order valence-electron chi connectivity index (χ2n) is 10.3. The van der Waals surface area contributed by atoms with Crippen molar-refractivity contribution >= 4 is 12.1 Å². The molecular weight excluding hydrogens is 428 g/mol. The molecule has 1 aliphatic carbocycles. The van der Waals surface area contributed by atoms with Crippen LogP contribution in [0.2, 0.25) is 0 Å². The summed E-state index contributed by atoms with van der Waals surface area (Å²) in [6.45, 7) is 9.88. The Morgan fingerprint density at radius 2 is 1.91 bits per heavy atom. The van der Waals surface area contributed by atoms with E-state index in [1.807, 2.05) is 0 Å². The van der Waals surface area contributed by atoms with Gasteiger partial charge in [-0.15, -0.1) is 0 Å². The fraction of sp³-hybridized carbons (Fsp3) is 0.833. The van der Waals surface area contributed by atoms with E-state index in [2.05, 4.69) is 31.7 Å². The van der Waals surface area contributed by atoms with Crippen LogP contribution in [0.15, 0.2) is 11.6 Å². The quantitative estimate of drug-likeness (QED) is 0.429. The smallest absolute Gasteiger partial charge is 0.410 e. The lowest BCUT2D eigenvalue weighted by atomic mass is 9.68. The van der Waals surface area contributed by atoms with Crippen LogP contribution in [0.5, 0.6) is 0 Å². The average molecular weight is 467 g/mol. The summed E-state index contributed by atoms with van der Waals surface area (Å²) in [4.78, 5) is 27.5. The first-order valence-corrected chi connectivity index (χ1v) is 12.1. The molecule has 1 spiro atoms. The number of allylic oxidation sites excluding steroid dienone is 1. The van der Waals surface area contributed by atoms with Gasteiger partial charge in [0.05, 0.1) is 25.0 Å². The van der Waals surface area contributed by atoms with Crippen molar-refractivity contribution in [3.63, 3.8) is 0 Å². The van der Waals surface area contributed by atoms with Gasteiger partial charge in [0.15, 0.2) is 0 Å². The molecule has 0 aromatic heterocycles. The van der Waals surface area contributed by atoms with Gasteiger partial charge in [0.1, 0.15) is 23.4 Å². The zero-order chi connectivity index (χ0) is 23.8. The number of amides is 1. The van der Waals surface area contributed by atoms with Crippen LogP contribution in [0.25, 0.3) is 0 Å². The first kappa shape index (κ1) is 24.4. The Hall–Kier alpha value is -1.68. The number of methoxy groups -OCH3 is 1. The van der Waals surface area contributed by atoms with Gasteiger partial charge in [-0.3, -0.25) is 9.69 Å². The molecule has 1 N–H and O–H groups in total. The van der Waals surface area contributed by atoms with Crippen molar-refractivity contribution in [2.45, 2.75) is 76.0 Å². The van der Waals surface area contributed by atoms with Crippen molar-refractivity contribution in [2.24, 2.45) is 5.92 Å². The number of epoxide rings is 2. The van der Waals surface area contributed by atoms with E-state index in [9.17, 15) is 9.59 Å². The monoisotopic (exact) mass is 466 g/mol. The number of hydrogen-bond acceptors (Lipinski definition) is 7. The first-order valence-electron chi connectivity index (χ1n) is 12.1. The standard InChI is InChI=1S/C24H38N2O7/c1-16(2)5-6-18-23(3,33-18)21-20(30-4)17(7-9-24(21)15-31-24)32-22(29)26-13-11-25(12-14-26)10-8-19(27)28/h5,17-18,20-21H,6-15H2,1-4H3,(H,27,28)/t17-,18-,20-,21-,23?,24+/m1/s1. The van der Waals surface area contributed by atoms with E-state index < -0.39 is 5.97 Å². The highest BCUT2D eigenvalue weighted by Gasteiger charge is 2.72. The van der Waals surface area contributed by atoms with Crippen molar-refractivity contribution in [3.05, 3.63) is 11.6 Å². The lowest BCUT2D eigenvalue weighted by Gasteiger charge is -2.43. The second kappa shape index (κ2) is 9.52. The maximum atomic E-state index is 13.0. The lowest BCUT2D eigenvalue weighted by molar-refractivity contribution is -0.137. The molecule has 3 aliphatic heterocycles. The van der Waals surface area contributed by atoms with Gasteiger partial charge in [-0.05, 0) is 40.0 Å². The molecule has 3 saturated heterocycles. The van der Waals surface area contributed by atoms with Crippen molar-refractivity contribution in [3.8, 4) is 0 Å². The highest BCUT2D eigenvalue weighted by Crippen LogP contribution is 2.59. The van der Waals surface area contributed by atoms with Gasteiger partial charge in [0.25, 0.3) is 0 Å². The molecule has 1 saturated carbocycles. The van der Waals surface area contributed by atoms with Gasteiger partial charge in [-0.2, -0.15) is 0 Å². The molecule has 6 atom stereocenters. The SMILES string of the molecule is CO[C@H]1[C@H](C2(C)O[C@@H]2CC=C(C)C)[C@]2(CC[C@H]1OC(=O)N1CCN(CCC(=O)O)CC1)CO2. The minimum atomic E-state index is -0.803. The van der Waals surface area contributed by atoms with E-state index in [0.29, 0.717) is 45.8 Å². The summed E-state index contributed by atoms with van der Waals surface area (Å²) in [5.41, 5.74) is 0.671. The molecule has 33 heavy (non-hydrogen) atoms. The summed E-state index contributed by atoms with van der Waals surface area (Å²) in [6.07, 6.45) is 3.86. The summed E-state index contributed by atoms with van der Waals surface area (Å²) >= 11 is 0. The van der Waals surface area contributed by atoms with E-state index in [-0.39, 0.29) is 47.9 Å². The minimum absolute atomic E-state index is 0.00461. The molecule has 9 nitrogen and oxygen atoms in total. The predicted octanol–water partition coefficient (Wildman–Crippen LogP) is 2.29. The Kier molecular flexibility index (Phi) is 7.05. The van der Waals surface area contributed by atoms with Crippen LogP contribution in [0.1, 0.15) is 46.5 Å². The van der Waals surface area contributed by atoms with Crippen LogP contribution < -0.4 is 0 Å². The van der Waals surface area contributed by atoms with Crippen LogP contribution in [0.4, 0.5) is 4.79 Å². The number of nitrogens with zero attached hydrogens (tertiary/aromatic N) is 2. The molecule has 0 aromatic rings. The number of carbonyl (C=O) groups excluding carboxylic acids is 1. The number of carboxylic acid groups (broad SMARTS) is 1. The van der Waals surface area contributed by atoms with Crippen molar-refractivity contribution < 1.29 is 33.6 Å². The first-order chi connectivity index (χ1) is 15.7. The number of carboxylic acids is 1. The van der Waals surface area contributed by atoms with Gasteiger partial charge in [-0.25, -0.2) is 4.79 Å². The number of rotatable bonds is 8. The number of carbonyl (C=O) groups is 2. The van der Waals surface area contributed by atoms with Gasteiger partial charge >= 0.3 is 12.1 Å². The Morgan fingerprint density at radius 1 is 1.21 bits per heavy atom. The second-order valence-corrected chi connectivity index (χ2v) is 10.3. The Morgan fingerprint density at radius 3 is 2.48 bits per heavy atom. The molecule has 1 unspecified atom stereocenters. The summed E-state index contributed by atoms with van der Waals surface area (Å²) < 4.78 is 24.1. The third kappa shape index (κ3) is 5.21. The molecule has 3 heterocycles. The third-order valence-corrected chi connectivity index (χ3v) is 7.76. The number of ether oxygens (including phenoxy) is 4. The molecule has 186 valence electrons. The van der Waals surface area contributed by atoms with Gasteiger partial charge < -0.3 is 29.0 Å². The largest absolute Gasteiger partial charge is 0.481 e. The zero-order valence-electron chi connectivity index (χ0n) is 20.2. The lowest BCUT2D eigenvalue weighted by Crippen LogP contribution is -2.57. The third-order valence-electron chi connectivity index (χ3n) is 7.76. The van der Waals surface area contributed by atoms with Crippen LogP contribution in [0.3, 0.4) is 0 Å². The average Bonchev–Trinajstić information content (AvgIpc) is 3.69. The van der Waals surface area contributed by atoms with E-state index in [1.165, 1.54) is 5.57 Å². The Balaban J connectivity index is 1.36. The van der Waals surface area contributed by atoms with Crippen molar-refractivity contribution in [2.75, 3.05) is 46.4 Å². The molecule has 0 aromatic carbocycles. The fourth-order valence-corrected chi connectivity index (χ4v) is 5.68. The number of hydrogen-bond donors (Lipinski definition) is 1. The van der Waals surface area contributed by atoms with E-state index in [0.717, 1.165) is 12.8 Å². The Labute approximate surface area is 196 Å². The maximum Gasteiger partial charge on any atom is 0.410 e. The normalized spacial score (nSPS) is 38.1. The number of aliphatic carboxylic acids is 1. The van der Waals surface area contributed by atoms with E-state index in [1.54, 1.807) is 12.0 Å². The summed E-state index contributed by atoms with van der Waals surface area (Å²) in [5, 5.41) is 8.87. The molecule has 9 heteroatoms. The summed E-state index contributed by atoms with van der Waals surface area (Å²) in [5.74, 6) is -0.798. The van der Waals surface area contributed by atoms with Gasteiger partial charge in [-0.1, -0.05) is 11.6 Å². The van der Waals surface area contributed by atoms with Crippen LogP contribution in [-0.4, -0.2) is 103 Å². The number of piperazine rings is 1. The minimum Gasteiger partial charge on any atom is -0.481 e. The predicted molar refractivity (Wildman–Crippen MR) is 120 cm³/mol. The van der Waals surface area contributed by atoms with E-state index in [4.69, 9.17) is 24.1 Å². The zero-order valence-corrected chi connectivity index (χ0v) is 20.2. The van der Waals surface area contributed by atoms with Crippen molar-refractivity contribution in [1.29, 1.82) is 0 Å². The molecular formula is C24H38N2O7. The topological polar surface area (TPSA) is 104 Å². The van der Waals surface area contributed by atoms with Gasteiger partial charge in [0, 0.05) is 39.8 Å². The van der Waals surface area contributed by atoms with Gasteiger partial charge in [0.2, 0.25) is 0 Å². The van der Waals surface area contributed by atoms with Crippen LogP contribution in [0, 0.1) is 5.92 Å². The molecule has 4 fully saturated rings. The summed E-state index contributed by atoms with van der Waals surface area (Å²) in [7, 11) is 1.68. The molecule has 4 aliphatic rings. The van der Waals surface area contributed by atoms with Crippen molar-refractivity contribution in [1.82, 2.24) is 9.80 Å². The van der Waals surface area contributed by atoms with E-state index >= 15 is 0 Å². The van der Waals surface area contributed by atoms with Crippen LogP contribution in [-0.2, 0) is 23.7 Å². The molecule has 0 bridgehead atoms. The fourth-order valence-electron chi connectivity index (χ4n) is 5.68. The molecule has 1 amide bonds. The highest BCUT2D eigenvalue weighted by molar-refractivity contribution is 5.68. The maximum absolute atomic E-state index is 13.0. The van der Waals surface area contributed by atoms with Crippen LogP contribution >= 0.6 is 0 Å². The molecule has 0 radical (unpaired) electrons.